The number of aromatic hydroxyl groups is 4. The van der Waals surface area contributed by atoms with Crippen molar-refractivity contribution in [3.05, 3.63) is 84.4 Å². The lowest BCUT2D eigenvalue weighted by Crippen LogP contribution is -2.12. The molecule has 8 heteroatoms. The highest BCUT2D eigenvalue weighted by Gasteiger charge is 2.31. The molecule has 0 spiro atoms. The molecule has 0 atom stereocenters. The van der Waals surface area contributed by atoms with E-state index in [-0.39, 0.29) is 50.8 Å². The van der Waals surface area contributed by atoms with Crippen LogP contribution < -0.4 is 9.47 Å². The molecule has 176 valence electrons. The van der Waals surface area contributed by atoms with Gasteiger partial charge in [-0.3, -0.25) is 4.79 Å². The van der Waals surface area contributed by atoms with Gasteiger partial charge in [0.1, 0.15) is 11.5 Å². The third kappa shape index (κ3) is 4.72. The van der Waals surface area contributed by atoms with Crippen LogP contribution in [-0.2, 0) is 4.79 Å². The van der Waals surface area contributed by atoms with Crippen LogP contribution in [0.2, 0.25) is 0 Å². The van der Waals surface area contributed by atoms with Crippen LogP contribution in [0.4, 0.5) is 0 Å². The molecule has 4 rings (SSSR count). The van der Waals surface area contributed by atoms with E-state index in [4.69, 9.17) is 9.47 Å². The van der Waals surface area contributed by atoms with E-state index in [2.05, 4.69) is 0 Å². The molecule has 0 aliphatic heterocycles. The Morgan fingerprint density at radius 2 is 1.03 bits per heavy atom. The molecule has 0 saturated carbocycles. The lowest BCUT2D eigenvalue weighted by atomic mass is 9.95. The van der Waals surface area contributed by atoms with E-state index in [1.807, 2.05) is 0 Å². The molecule has 8 nitrogen and oxygen atoms in total. The normalized spacial score (nSPS) is 10.5. The first-order chi connectivity index (χ1) is 16.8. The summed E-state index contributed by atoms with van der Waals surface area (Å²) in [6, 6.07) is 19.1. The van der Waals surface area contributed by atoms with Crippen LogP contribution in [0.25, 0.3) is 22.3 Å². The smallest absolute Gasteiger partial charge is 0.343 e. The van der Waals surface area contributed by atoms with Crippen molar-refractivity contribution in [2.24, 2.45) is 0 Å². The van der Waals surface area contributed by atoms with Crippen LogP contribution in [0, 0.1) is 0 Å². The van der Waals surface area contributed by atoms with E-state index in [9.17, 15) is 30.0 Å². The number of carbonyl (C=O) groups excluding carboxylic acids is 2. The van der Waals surface area contributed by atoms with Gasteiger partial charge in [0, 0.05) is 6.92 Å². The first-order valence-corrected chi connectivity index (χ1v) is 10.4. The minimum atomic E-state index is -0.805. The summed E-state index contributed by atoms with van der Waals surface area (Å²) in [5.74, 6) is -3.61. The Bertz CT molecular complexity index is 1390. The Kier molecular flexibility index (Phi) is 6.28. The second-order valence-corrected chi connectivity index (χ2v) is 7.55. The summed E-state index contributed by atoms with van der Waals surface area (Å²) in [6.45, 7) is 1.13. The van der Waals surface area contributed by atoms with E-state index in [0.29, 0.717) is 0 Å². The highest BCUT2D eigenvalue weighted by Crippen LogP contribution is 2.56. The zero-order valence-corrected chi connectivity index (χ0v) is 18.4. The molecular weight excluding hydrogens is 452 g/mol. The standard InChI is InChI=1S/C27H20O8/c1-15(28)34-25-21(16-7-11-19(29)12-8-16)23(31)24(32)22(17-9-13-20(30)14-10-17)26(25)35-27(33)18-5-3-2-4-6-18/h2-14,29-32H,1H3. The van der Waals surface area contributed by atoms with Gasteiger partial charge in [-0.05, 0) is 47.5 Å². The molecule has 0 radical (unpaired) electrons. The highest BCUT2D eigenvalue weighted by atomic mass is 16.6. The molecule has 0 aromatic heterocycles. The molecular formula is C27H20O8. The Labute approximate surface area is 199 Å². The number of phenols is 4. The van der Waals surface area contributed by atoms with Crippen molar-refractivity contribution >= 4 is 11.9 Å². The van der Waals surface area contributed by atoms with E-state index in [0.717, 1.165) is 6.92 Å². The molecule has 0 unspecified atom stereocenters. The van der Waals surface area contributed by atoms with E-state index >= 15 is 0 Å². The minimum Gasteiger partial charge on any atom is -0.508 e. The van der Waals surface area contributed by atoms with Gasteiger partial charge < -0.3 is 29.9 Å². The summed E-state index contributed by atoms with van der Waals surface area (Å²) < 4.78 is 11.1. The van der Waals surface area contributed by atoms with Gasteiger partial charge in [0.25, 0.3) is 0 Å². The maximum absolute atomic E-state index is 13.0. The van der Waals surface area contributed by atoms with Gasteiger partial charge in [-0.15, -0.1) is 0 Å². The lowest BCUT2D eigenvalue weighted by Gasteiger charge is -2.21. The van der Waals surface area contributed by atoms with Crippen LogP contribution in [0.3, 0.4) is 0 Å². The van der Waals surface area contributed by atoms with E-state index in [1.165, 1.54) is 60.7 Å². The van der Waals surface area contributed by atoms with Crippen molar-refractivity contribution in [2.45, 2.75) is 6.92 Å². The Hall–Kier alpha value is -4.98. The number of carbonyl (C=O) groups is 2. The van der Waals surface area contributed by atoms with Crippen molar-refractivity contribution in [1.29, 1.82) is 0 Å². The second-order valence-electron chi connectivity index (χ2n) is 7.55. The largest absolute Gasteiger partial charge is 0.508 e. The molecule has 4 aromatic rings. The Morgan fingerprint density at radius 3 is 1.46 bits per heavy atom. The SMILES string of the molecule is CC(=O)Oc1c(OC(=O)c2ccccc2)c(-c2ccc(O)cc2)c(O)c(O)c1-c1ccc(O)cc1. The first-order valence-electron chi connectivity index (χ1n) is 10.4. The molecule has 0 amide bonds. The summed E-state index contributed by atoms with van der Waals surface area (Å²) in [5, 5.41) is 41.4. The van der Waals surface area contributed by atoms with Crippen LogP contribution in [0.15, 0.2) is 78.9 Å². The second kappa shape index (κ2) is 9.48. The molecule has 0 aliphatic rings. The third-order valence-corrected chi connectivity index (χ3v) is 5.12. The summed E-state index contributed by atoms with van der Waals surface area (Å²) >= 11 is 0. The van der Waals surface area contributed by atoms with Crippen LogP contribution in [-0.4, -0.2) is 32.4 Å². The number of rotatable bonds is 5. The monoisotopic (exact) mass is 472 g/mol. The van der Waals surface area contributed by atoms with Gasteiger partial charge in [-0.2, -0.15) is 0 Å². The molecule has 0 bridgehead atoms. The molecule has 0 fully saturated rings. The topological polar surface area (TPSA) is 134 Å². The minimum absolute atomic E-state index is 0.0528. The van der Waals surface area contributed by atoms with Crippen molar-refractivity contribution < 1.29 is 39.5 Å². The highest BCUT2D eigenvalue weighted by molar-refractivity contribution is 5.98. The van der Waals surface area contributed by atoms with Crippen molar-refractivity contribution in [1.82, 2.24) is 0 Å². The number of phenolic OH excluding ortho intramolecular Hbond substituents is 4. The quantitative estimate of drug-likeness (QED) is 0.181. The molecule has 35 heavy (non-hydrogen) atoms. The average molecular weight is 472 g/mol. The Morgan fingerprint density at radius 1 is 0.600 bits per heavy atom. The van der Waals surface area contributed by atoms with E-state index in [1.54, 1.807) is 18.2 Å². The summed E-state index contributed by atoms with van der Waals surface area (Å²) in [6.07, 6.45) is 0. The maximum Gasteiger partial charge on any atom is 0.343 e. The fourth-order valence-electron chi connectivity index (χ4n) is 3.54. The molecule has 4 aromatic carbocycles. The molecule has 0 aliphatic carbocycles. The molecule has 4 N–H and O–H groups in total. The number of benzene rings is 4. The van der Waals surface area contributed by atoms with Gasteiger partial charge >= 0.3 is 11.9 Å². The Balaban J connectivity index is 2.04. The predicted octanol–water partition coefficient (Wildman–Crippen LogP) is 4.99. The summed E-state index contributed by atoms with van der Waals surface area (Å²) in [5.41, 5.74) is 0.455. The molecule has 0 saturated heterocycles. The average Bonchev–Trinajstić information content (AvgIpc) is 2.84. The van der Waals surface area contributed by atoms with Gasteiger partial charge in [0.2, 0.25) is 0 Å². The predicted molar refractivity (Wildman–Crippen MR) is 127 cm³/mol. The van der Waals surface area contributed by atoms with E-state index < -0.39 is 23.4 Å². The van der Waals surface area contributed by atoms with Crippen molar-refractivity contribution in [2.75, 3.05) is 0 Å². The number of hydrogen-bond acceptors (Lipinski definition) is 8. The van der Waals surface area contributed by atoms with Crippen LogP contribution in [0.5, 0.6) is 34.5 Å². The summed E-state index contributed by atoms with van der Waals surface area (Å²) in [7, 11) is 0. The summed E-state index contributed by atoms with van der Waals surface area (Å²) in [4.78, 5) is 25.1. The zero-order valence-electron chi connectivity index (χ0n) is 18.4. The number of hydrogen-bond donors (Lipinski definition) is 4. The van der Waals surface area contributed by atoms with Crippen molar-refractivity contribution in [3.63, 3.8) is 0 Å². The fraction of sp³-hybridized carbons (Fsp3) is 0.0370. The van der Waals surface area contributed by atoms with Crippen molar-refractivity contribution in [3.8, 4) is 56.8 Å². The van der Waals surface area contributed by atoms with Crippen LogP contribution in [0.1, 0.15) is 17.3 Å². The van der Waals surface area contributed by atoms with Crippen LogP contribution >= 0.6 is 0 Å². The van der Waals surface area contributed by atoms with Gasteiger partial charge in [0.15, 0.2) is 23.0 Å². The maximum atomic E-state index is 13.0. The number of esters is 2. The number of ether oxygens (including phenoxy) is 2. The van der Waals surface area contributed by atoms with Gasteiger partial charge in [-0.1, -0.05) is 42.5 Å². The van der Waals surface area contributed by atoms with Gasteiger partial charge in [0.05, 0.1) is 16.7 Å². The third-order valence-electron chi connectivity index (χ3n) is 5.12. The first kappa shape index (κ1) is 23.2. The lowest BCUT2D eigenvalue weighted by molar-refractivity contribution is -0.131. The fourth-order valence-corrected chi connectivity index (χ4v) is 3.54. The molecule has 0 heterocycles. The zero-order chi connectivity index (χ0) is 25.1. The van der Waals surface area contributed by atoms with Gasteiger partial charge in [-0.25, -0.2) is 4.79 Å².